The molecule has 0 aliphatic rings. The molecule has 18 heteroatoms. The summed E-state index contributed by atoms with van der Waals surface area (Å²) in [5, 5.41) is 58.7. The summed E-state index contributed by atoms with van der Waals surface area (Å²) in [6.07, 6.45) is 0. The maximum Gasteiger partial charge on any atom is 0.340 e. The van der Waals surface area contributed by atoms with Gasteiger partial charge in [-0.2, -0.15) is 10.5 Å². The van der Waals surface area contributed by atoms with Gasteiger partial charge in [0.25, 0.3) is 17.0 Å². The van der Waals surface area contributed by atoms with Crippen LogP contribution >= 0.6 is 0 Å². The Labute approximate surface area is 348 Å². The number of azo groups is 2. The van der Waals surface area contributed by atoms with Gasteiger partial charge < -0.3 is 24.6 Å². The molecule has 2 N–H and O–H groups in total. The van der Waals surface area contributed by atoms with Gasteiger partial charge in [0.15, 0.2) is 11.4 Å². The Morgan fingerprint density at radius 1 is 0.639 bits per heavy atom. The fourth-order valence-corrected chi connectivity index (χ4v) is 6.14. The molecule has 0 unspecified atom stereocenters. The van der Waals surface area contributed by atoms with E-state index in [9.17, 15) is 44.7 Å². The Morgan fingerprint density at radius 2 is 1.03 bits per heavy atom. The van der Waals surface area contributed by atoms with Crippen LogP contribution in [0.4, 0.5) is 22.7 Å². The van der Waals surface area contributed by atoms with Crippen molar-refractivity contribution in [1.29, 1.82) is 10.5 Å². The first-order valence-electron chi connectivity index (χ1n) is 18.8. The number of carbonyl (C=O) groups excluding carboxylic acids is 3. The Balaban J connectivity index is 1.52. The first kappa shape index (κ1) is 43.9. The fraction of sp³-hybridized carbons (Fsp3) is 0.233. The second-order valence-electron chi connectivity index (χ2n) is 13.0. The summed E-state index contributed by atoms with van der Waals surface area (Å²) in [5.74, 6) is -3.30. The van der Waals surface area contributed by atoms with E-state index in [1.807, 2.05) is 12.1 Å². The van der Waals surface area contributed by atoms with Crippen molar-refractivity contribution in [3.63, 3.8) is 0 Å². The molecule has 3 aromatic carbocycles. The molecule has 310 valence electrons. The highest BCUT2D eigenvalue weighted by Crippen LogP contribution is 2.30. The summed E-state index contributed by atoms with van der Waals surface area (Å²) in [7, 11) is 0. The lowest BCUT2D eigenvalue weighted by atomic mass is 10.1. The SMILES string of the molecule is CCOC(=O)c1ccccc1N=Nc1c(C)c(C#N)c(O)n(CCN(CCn2c(O)c(C#N)c(C)c(N=Nc3ccccc3C(=O)OCC)c2=O)C(=O)c2ccccc2)c1=O. The Bertz CT molecular complexity index is 2600. The van der Waals surface area contributed by atoms with E-state index >= 15 is 0 Å². The van der Waals surface area contributed by atoms with Gasteiger partial charge in [-0.25, -0.2) is 9.59 Å². The van der Waals surface area contributed by atoms with Gasteiger partial charge in [-0.1, -0.05) is 42.5 Å². The molecular weight excluding hydrogens is 787 g/mol. The molecule has 61 heavy (non-hydrogen) atoms. The van der Waals surface area contributed by atoms with Crippen LogP contribution in [0.15, 0.2) is 109 Å². The highest BCUT2D eigenvalue weighted by atomic mass is 16.5. The summed E-state index contributed by atoms with van der Waals surface area (Å²) in [5.41, 5.74) is -2.40. The summed E-state index contributed by atoms with van der Waals surface area (Å²) >= 11 is 0. The first-order valence-corrected chi connectivity index (χ1v) is 18.8. The number of esters is 2. The highest BCUT2D eigenvalue weighted by molar-refractivity contribution is 5.95. The molecule has 0 atom stereocenters. The number of carbonyl (C=O) groups is 3. The van der Waals surface area contributed by atoms with Crippen molar-refractivity contribution in [2.75, 3.05) is 26.3 Å². The number of hydrogen-bond acceptors (Lipinski definition) is 15. The van der Waals surface area contributed by atoms with Gasteiger partial charge in [0.2, 0.25) is 11.8 Å². The molecule has 5 rings (SSSR count). The summed E-state index contributed by atoms with van der Waals surface area (Å²) in [6.45, 7) is 4.92. The fourth-order valence-electron chi connectivity index (χ4n) is 6.14. The van der Waals surface area contributed by atoms with Gasteiger partial charge >= 0.3 is 11.9 Å². The van der Waals surface area contributed by atoms with Crippen LogP contribution in [0.3, 0.4) is 0 Å². The standard InChI is InChI=1S/C43H39N9O9/c1-5-60-42(58)29-16-10-12-18-33(29)46-48-35-26(3)31(24-44)38(54)51(40(35)56)22-20-50(37(53)28-14-8-7-9-15-28)21-23-52-39(55)32(25-45)27(4)36(41(52)57)49-47-34-19-13-11-17-30(34)43(59)61-6-2/h7-19,54-55H,5-6,20-23H2,1-4H3. The van der Waals surface area contributed by atoms with E-state index in [-0.39, 0.29) is 88.0 Å². The lowest BCUT2D eigenvalue weighted by Crippen LogP contribution is -2.39. The van der Waals surface area contributed by atoms with Gasteiger partial charge in [0, 0.05) is 42.9 Å². The molecule has 1 amide bonds. The highest BCUT2D eigenvalue weighted by Gasteiger charge is 2.25. The molecule has 2 aromatic heterocycles. The Kier molecular flexibility index (Phi) is 14.3. The molecule has 2 heterocycles. The number of aromatic nitrogens is 2. The number of hydrogen-bond donors (Lipinski definition) is 2. The van der Waals surface area contributed by atoms with E-state index in [2.05, 4.69) is 20.5 Å². The number of aromatic hydroxyl groups is 2. The molecule has 5 aromatic rings. The van der Waals surface area contributed by atoms with Crippen LogP contribution in [0, 0.1) is 36.5 Å². The monoisotopic (exact) mass is 825 g/mol. The first-order chi connectivity index (χ1) is 29.4. The van der Waals surface area contributed by atoms with Crippen LogP contribution in [-0.2, 0) is 22.6 Å². The van der Waals surface area contributed by atoms with Gasteiger partial charge in [-0.15, -0.1) is 20.5 Å². The quantitative estimate of drug-likeness (QED) is 0.0819. The van der Waals surface area contributed by atoms with Crippen LogP contribution in [0.25, 0.3) is 0 Å². The van der Waals surface area contributed by atoms with Crippen molar-refractivity contribution in [2.24, 2.45) is 20.5 Å². The van der Waals surface area contributed by atoms with Crippen LogP contribution in [0.2, 0.25) is 0 Å². The topological polar surface area (TPSA) is 254 Å². The maximum absolute atomic E-state index is 14.0. The van der Waals surface area contributed by atoms with Crippen molar-refractivity contribution >= 4 is 40.6 Å². The number of amides is 1. The van der Waals surface area contributed by atoms with E-state index in [0.717, 1.165) is 9.13 Å². The molecule has 0 spiro atoms. The Morgan fingerprint density at radius 3 is 1.43 bits per heavy atom. The van der Waals surface area contributed by atoms with Crippen LogP contribution in [0.5, 0.6) is 11.8 Å². The van der Waals surface area contributed by atoms with Gasteiger partial charge in [0.05, 0.1) is 24.3 Å². The van der Waals surface area contributed by atoms with Gasteiger partial charge in [-0.3, -0.25) is 23.5 Å². The Hall–Kier alpha value is -8.25. The third kappa shape index (κ3) is 9.56. The zero-order chi connectivity index (χ0) is 44.2. The predicted molar refractivity (Wildman–Crippen MR) is 219 cm³/mol. The lowest BCUT2D eigenvalue weighted by molar-refractivity contribution is 0.0517. The maximum atomic E-state index is 14.0. The minimum Gasteiger partial charge on any atom is -0.493 e. The van der Waals surface area contributed by atoms with E-state index < -0.39 is 53.8 Å². The molecule has 18 nitrogen and oxygen atoms in total. The number of nitriles is 2. The normalized spacial score (nSPS) is 11.0. The summed E-state index contributed by atoms with van der Waals surface area (Å²) in [6, 6.07) is 24.1. The minimum atomic E-state index is -0.871. The zero-order valence-corrected chi connectivity index (χ0v) is 33.5. The van der Waals surface area contributed by atoms with Gasteiger partial charge in [-0.05, 0) is 64.1 Å². The van der Waals surface area contributed by atoms with Crippen LogP contribution < -0.4 is 11.1 Å². The second-order valence-corrected chi connectivity index (χ2v) is 13.0. The molecule has 0 radical (unpaired) electrons. The van der Waals surface area contributed by atoms with Crippen molar-refractivity contribution < 1.29 is 34.1 Å². The van der Waals surface area contributed by atoms with E-state index in [1.54, 1.807) is 68.4 Å². The van der Waals surface area contributed by atoms with Crippen LogP contribution in [-0.4, -0.2) is 68.4 Å². The zero-order valence-electron chi connectivity index (χ0n) is 33.5. The number of benzene rings is 3. The van der Waals surface area contributed by atoms with Crippen molar-refractivity contribution in [3.8, 4) is 23.9 Å². The number of nitrogens with zero attached hydrogens (tertiary/aromatic N) is 9. The van der Waals surface area contributed by atoms with Crippen molar-refractivity contribution in [2.45, 2.75) is 40.8 Å². The average molecular weight is 826 g/mol. The molecule has 0 bridgehead atoms. The average Bonchev–Trinajstić information content (AvgIpc) is 3.26. The smallest absolute Gasteiger partial charge is 0.340 e. The predicted octanol–water partition coefficient (Wildman–Crippen LogP) is 6.81. The van der Waals surface area contributed by atoms with Crippen molar-refractivity contribution in [3.05, 3.63) is 139 Å². The lowest BCUT2D eigenvalue weighted by Gasteiger charge is -2.25. The largest absolute Gasteiger partial charge is 0.493 e. The summed E-state index contributed by atoms with van der Waals surface area (Å²) in [4.78, 5) is 68.1. The number of ether oxygens (including phenoxy) is 2. The number of pyridine rings is 2. The molecule has 0 saturated carbocycles. The van der Waals surface area contributed by atoms with E-state index in [0.29, 0.717) is 0 Å². The van der Waals surface area contributed by atoms with E-state index in [4.69, 9.17) is 9.47 Å². The summed E-state index contributed by atoms with van der Waals surface area (Å²) < 4.78 is 11.9. The number of rotatable bonds is 15. The van der Waals surface area contributed by atoms with Crippen LogP contribution in [0.1, 0.15) is 67.2 Å². The molecule has 0 fully saturated rings. The molecule has 0 aliphatic carbocycles. The third-order valence-electron chi connectivity index (χ3n) is 9.35. The minimum absolute atomic E-state index is 0.00989. The van der Waals surface area contributed by atoms with Crippen molar-refractivity contribution in [1.82, 2.24) is 14.0 Å². The third-order valence-corrected chi connectivity index (χ3v) is 9.35. The van der Waals surface area contributed by atoms with Gasteiger partial charge in [0.1, 0.15) is 34.6 Å². The molecule has 0 saturated heterocycles. The molecule has 0 aliphatic heterocycles. The molecular formula is C43H39N9O9. The second kappa shape index (κ2) is 19.9. The van der Waals surface area contributed by atoms with E-state index in [1.165, 1.54) is 43.0 Å².